The summed E-state index contributed by atoms with van der Waals surface area (Å²) in [7, 11) is -3.39. The molecule has 0 atom stereocenters. The topological polar surface area (TPSA) is 90.3 Å². The largest absolute Gasteiger partial charge is 0.326 e. The summed E-state index contributed by atoms with van der Waals surface area (Å²) in [5.41, 5.74) is 3.46. The van der Waals surface area contributed by atoms with Crippen LogP contribution in [0, 0.1) is 24.2 Å². The molecule has 0 radical (unpaired) electrons. The van der Waals surface area contributed by atoms with Crippen molar-refractivity contribution in [2.75, 3.05) is 18.4 Å². The van der Waals surface area contributed by atoms with Crippen LogP contribution >= 0.6 is 0 Å². The molecule has 2 aromatic carbocycles. The summed E-state index contributed by atoms with van der Waals surface area (Å²) in [5, 5.41) is 11.6. The number of sulfonamides is 1. The quantitative estimate of drug-likeness (QED) is 0.790. The first-order chi connectivity index (χ1) is 13.9. The number of amides is 1. The van der Waals surface area contributed by atoms with Crippen molar-refractivity contribution in [3.05, 3.63) is 65.2 Å². The summed E-state index contributed by atoms with van der Waals surface area (Å²) in [4.78, 5) is 12.5. The number of nitriles is 1. The van der Waals surface area contributed by atoms with Gasteiger partial charge in [0.2, 0.25) is 15.9 Å². The van der Waals surface area contributed by atoms with Crippen molar-refractivity contribution < 1.29 is 13.2 Å². The highest BCUT2D eigenvalue weighted by Crippen LogP contribution is 2.23. The first kappa shape index (κ1) is 21.0. The predicted molar refractivity (Wildman–Crippen MR) is 112 cm³/mol. The van der Waals surface area contributed by atoms with Gasteiger partial charge in [-0.05, 0) is 43.0 Å². The van der Waals surface area contributed by atoms with E-state index in [2.05, 4.69) is 11.4 Å². The fraction of sp³-hybridized carbons (Fsp3) is 0.364. The van der Waals surface area contributed by atoms with Gasteiger partial charge in [-0.1, -0.05) is 42.0 Å². The molecule has 29 heavy (non-hydrogen) atoms. The van der Waals surface area contributed by atoms with Crippen molar-refractivity contribution in [2.45, 2.75) is 31.9 Å². The van der Waals surface area contributed by atoms with E-state index in [1.807, 2.05) is 43.3 Å². The van der Waals surface area contributed by atoms with E-state index < -0.39 is 10.0 Å². The summed E-state index contributed by atoms with van der Waals surface area (Å²) in [6.07, 6.45) is 1.35. The Balaban J connectivity index is 1.53. The number of aryl methyl sites for hydroxylation is 1. The third kappa shape index (κ3) is 5.66. The zero-order valence-electron chi connectivity index (χ0n) is 16.5. The zero-order chi connectivity index (χ0) is 20.9. The predicted octanol–water partition coefficient (Wildman–Crippen LogP) is 3.24. The van der Waals surface area contributed by atoms with Gasteiger partial charge in [0.05, 0.1) is 18.2 Å². The number of benzene rings is 2. The minimum Gasteiger partial charge on any atom is -0.326 e. The molecule has 1 aliphatic rings. The van der Waals surface area contributed by atoms with Gasteiger partial charge in [0.25, 0.3) is 0 Å². The summed E-state index contributed by atoms with van der Waals surface area (Å²) in [6.45, 7) is 2.68. The van der Waals surface area contributed by atoms with Crippen molar-refractivity contribution in [1.82, 2.24) is 4.31 Å². The van der Waals surface area contributed by atoms with Crippen LogP contribution in [-0.2, 0) is 27.0 Å². The lowest BCUT2D eigenvalue weighted by Gasteiger charge is -2.30. The summed E-state index contributed by atoms with van der Waals surface area (Å²) in [6, 6.07) is 16.8. The molecule has 7 heteroatoms. The highest BCUT2D eigenvalue weighted by Gasteiger charge is 2.31. The Kier molecular flexibility index (Phi) is 6.68. The number of piperidine rings is 1. The first-order valence-electron chi connectivity index (χ1n) is 9.67. The second kappa shape index (κ2) is 9.21. The smallest absolute Gasteiger partial charge is 0.227 e. The third-order valence-electron chi connectivity index (χ3n) is 5.19. The van der Waals surface area contributed by atoms with Crippen LogP contribution in [0.4, 0.5) is 5.69 Å². The fourth-order valence-corrected chi connectivity index (χ4v) is 4.99. The van der Waals surface area contributed by atoms with Crippen LogP contribution in [0.3, 0.4) is 0 Å². The maximum Gasteiger partial charge on any atom is 0.227 e. The van der Waals surface area contributed by atoms with Crippen molar-refractivity contribution in [3.8, 4) is 6.07 Å². The van der Waals surface area contributed by atoms with Gasteiger partial charge >= 0.3 is 0 Å². The van der Waals surface area contributed by atoms with Crippen LogP contribution in [-0.4, -0.2) is 31.7 Å². The van der Waals surface area contributed by atoms with Crippen LogP contribution in [0.2, 0.25) is 0 Å². The summed E-state index contributed by atoms with van der Waals surface area (Å²) >= 11 is 0. The van der Waals surface area contributed by atoms with E-state index >= 15 is 0 Å². The van der Waals surface area contributed by atoms with Crippen molar-refractivity contribution in [3.63, 3.8) is 0 Å². The number of nitrogens with one attached hydrogen (secondary N) is 1. The minimum atomic E-state index is -3.39. The van der Waals surface area contributed by atoms with Gasteiger partial charge in [0, 0.05) is 24.7 Å². The van der Waals surface area contributed by atoms with E-state index in [-0.39, 0.29) is 17.6 Å². The Labute approximate surface area is 172 Å². The number of hydrogen-bond donors (Lipinski definition) is 1. The molecule has 0 unspecified atom stereocenters. The van der Waals surface area contributed by atoms with Gasteiger partial charge in [-0.3, -0.25) is 4.79 Å². The number of anilines is 1. The standard InChI is InChI=1S/C22H25N3O3S/c1-17-2-4-19(5-3-17)16-29(27,28)25-14-11-20(12-15-25)22(26)24-21-8-6-18(7-9-21)10-13-23/h2-9,20H,10-12,14-16H2,1H3,(H,24,26). The molecule has 152 valence electrons. The lowest BCUT2D eigenvalue weighted by molar-refractivity contribution is -0.120. The lowest BCUT2D eigenvalue weighted by Crippen LogP contribution is -2.41. The van der Waals surface area contributed by atoms with Crippen LogP contribution in [0.1, 0.15) is 29.5 Å². The normalized spacial score (nSPS) is 15.6. The number of carbonyl (C=O) groups is 1. The van der Waals surface area contributed by atoms with E-state index in [0.29, 0.717) is 38.0 Å². The molecule has 1 heterocycles. The molecule has 1 aliphatic heterocycles. The molecule has 3 rings (SSSR count). The van der Waals surface area contributed by atoms with Gasteiger partial charge in [-0.2, -0.15) is 5.26 Å². The Morgan fingerprint density at radius 2 is 1.66 bits per heavy atom. The monoisotopic (exact) mass is 411 g/mol. The molecule has 1 N–H and O–H groups in total. The van der Waals surface area contributed by atoms with E-state index in [9.17, 15) is 13.2 Å². The Bertz CT molecular complexity index is 985. The lowest BCUT2D eigenvalue weighted by atomic mass is 9.97. The maximum atomic E-state index is 12.7. The Morgan fingerprint density at radius 1 is 1.07 bits per heavy atom. The highest BCUT2D eigenvalue weighted by molar-refractivity contribution is 7.88. The molecule has 1 amide bonds. The third-order valence-corrected chi connectivity index (χ3v) is 7.04. The second-order valence-electron chi connectivity index (χ2n) is 7.44. The molecule has 1 fully saturated rings. The van der Waals surface area contributed by atoms with Crippen LogP contribution in [0.5, 0.6) is 0 Å². The molecule has 0 saturated carbocycles. The van der Waals surface area contributed by atoms with Gasteiger partial charge < -0.3 is 5.32 Å². The minimum absolute atomic E-state index is 0.0147. The van der Waals surface area contributed by atoms with Gasteiger partial charge in [-0.15, -0.1) is 0 Å². The molecule has 1 saturated heterocycles. The molecular formula is C22H25N3O3S. The molecule has 2 aromatic rings. The summed E-state index contributed by atoms with van der Waals surface area (Å²) in [5.74, 6) is -0.313. The van der Waals surface area contributed by atoms with Gasteiger partial charge in [-0.25, -0.2) is 12.7 Å². The summed E-state index contributed by atoms with van der Waals surface area (Å²) < 4.78 is 26.9. The van der Waals surface area contributed by atoms with Crippen molar-refractivity contribution in [2.24, 2.45) is 5.92 Å². The van der Waals surface area contributed by atoms with Gasteiger partial charge in [0.1, 0.15) is 0 Å². The zero-order valence-corrected chi connectivity index (χ0v) is 17.3. The molecule has 6 nitrogen and oxygen atoms in total. The Hall–Kier alpha value is -2.69. The van der Waals surface area contributed by atoms with E-state index in [0.717, 1.165) is 16.7 Å². The van der Waals surface area contributed by atoms with Gasteiger partial charge in [0.15, 0.2) is 0 Å². The molecule has 0 aromatic heterocycles. The number of rotatable bonds is 6. The molecule has 0 bridgehead atoms. The van der Waals surface area contributed by atoms with E-state index in [1.165, 1.54) is 4.31 Å². The second-order valence-corrected chi connectivity index (χ2v) is 9.41. The van der Waals surface area contributed by atoms with Crippen LogP contribution in [0.15, 0.2) is 48.5 Å². The highest BCUT2D eigenvalue weighted by atomic mass is 32.2. The van der Waals surface area contributed by atoms with Crippen molar-refractivity contribution in [1.29, 1.82) is 5.26 Å². The van der Waals surface area contributed by atoms with E-state index in [4.69, 9.17) is 5.26 Å². The number of hydrogen-bond acceptors (Lipinski definition) is 4. The fourth-order valence-electron chi connectivity index (χ4n) is 3.42. The molecular weight excluding hydrogens is 386 g/mol. The van der Waals surface area contributed by atoms with Crippen LogP contribution in [0.25, 0.3) is 0 Å². The average Bonchev–Trinajstić information content (AvgIpc) is 2.71. The molecule has 0 aliphatic carbocycles. The number of carbonyl (C=O) groups excluding carboxylic acids is 1. The van der Waals surface area contributed by atoms with Crippen molar-refractivity contribution >= 4 is 21.6 Å². The Morgan fingerprint density at radius 3 is 2.24 bits per heavy atom. The maximum absolute atomic E-state index is 12.7. The first-order valence-corrected chi connectivity index (χ1v) is 11.3. The molecule has 0 spiro atoms. The van der Waals surface area contributed by atoms with Crippen LogP contribution < -0.4 is 5.32 Å². The number of nitrogens with zero attached hydrogens (tertiary/aromatic N) is 2. The average molecular weight is 412 g/mol. The SMILES string of the molecule is Cc1ccc(CS(=O)(=O)N2CCC(C(=O)Nc3ccc(CC#N)cc3)CC2)cc1. The van der Waals surface area contributed by atoms with E-state index in [1.54, 1.807) is 12.1 Å².